The summed E-state index contributed by atoms with van der Waals surface area (Å²) in [5.74, 6) is -1.98. The quantitative estimate of drug-likeness (QED) is 0.804. The summed E-state index contributed by atoms with van der Waals surface area (Å²) in [6, 6.07) is 3.10. The maximum Gasteiger partial charge on any atom is 0.255 e. The Labute approximate surface area is 168 Å². The standard InChI is InChI=1S/C21H26F2N4O2/c1-12(2)24-20(28)13-5-4-6-15(9-13)25-21(29)17-11-27(3)26-19(17)16-8-7-14(22)10-18(16)23/h7-8,10-13,15H,4-6,9H2,1-3H3,(H,24,28)(H,25,29). The molecule has 1 aliphatic rings. The third-order valence-corrected chi connectivity index (χ3v) is 5.07. The van der Waals surface area contributed by atoms with E-state index in [0.29, 0.717) is 6.42 Å². The lowest BCUT2D eigenvalue weighted by Gasteiger charge is -2.29. The number of halogens is 2. The molecule has 6 nitrogen and oxygen atoms in total. The monoisotopic (exact) mass is 404 g/mol. The molecule has 1 heterocycles. The minimum atomic E-state index is -0.777. The number of aromatic nitrogens is 2. The minimum absolute atomic E-state index is 0.00870. The van der Waals surface area contributed by atoms with Crippen molar-refractivity contribution in [1.82, 2.24) is 20.4 Å². The molecule has 2 amide bonds. The molecule has 0 saturated heterocycles. The van der Waals surface area contributed by atoms with Crippen LogP contribution in [0.4, 0.5) is 8.78 Å². The first-order valence-electron chi connectivity index (χ1n) is 9.85. The molecule has 8 heteroatoms. The first-order chi connectivity index (χ1) is 13.7. The van der Waals surface area contributed by atoms with Crippen LogP contribution in [-0.2, 0) is 11.8 Å². The molecule has 0 radical (unpaired) electrons. The van der Waals surface area contributed by atoms with Crippen molar-refractivity contribution in [2.45, 2.75) is 51.6 Å². The first-order valence-corrected chi connectivity index (χ1v) is 9.85. The predicted molar refractivity (Wildman–Crippen MR) is 105 cm³/mol. The van der Waals surface area contributed by atoms with Gasteiger partial charge in [0.1, 0.15) is 17.3 Å². The molecule has 1 aromatic heterocycles. The number of nitrogens with one attached hydrogen (secondary N) is 2. The van der Waals surface area contributed by atoms with Crippen molar-refractivity contribution in [3.8, 4) is 11.3 Å². The van der Waals surface area contributed by atoms with E-state index in [1.807, 2.05) is 13.8 Å². The van der Waals surface area contributed by atoms with Gasteiger partial charge in [-0.25, -0.2) is 8.78 Å². The van der Waals surface area contributed by atoms with Crippen LogP contribution < -0.4 is 10.6 Å². The highest BCUT2D eigenvalue weighted by molar-refractivity contribution is 6.00. The van der Waals surface area contributed by atoms with E-state index in [9.17, 15) is 18.4 Å². The molecule has 3 rings (SSSR count). The van der Waals surface area contributed by atoms with Crippen LogP contribution in [0.5, 0.6) is 0 Å². The fourth-order valence-corrected chi connectivity index (χ4v) is 3.76. The van der Waals surface area contributed by atoms with E-state index in [1.165, 1.54) is 16.9 Å². The lowest BCUT2D eigenvalue weighted by atomic mass is 9.85. The van der Waals surface area contributed by atoms with Crippen LogP contribution in [0.2, 0.25) is 0 Å². The number of carbonyl (C=O) groups excluding carboxylic acids is 2. The molecule has 1 aromatic carbocycles. The van der Waals surface area contributed by atoms with Crippen molar-refractivity contribution in [2.24, 2.45) is 13.0 Å². The number of carbonyl (C=O) groups is 2. The molecule has 0 bridgehead atoms. The van der Waals surface area contributed by atoms with Crippen molar-refractivity contribution in [3.05, 3.63) is 41.6 Å². The normalized spacial score (nSPS) is 19.2. The van der Waals surface area contributed by atoms with Gasteiger partial charge in [0.2, 0.25) is 5.91 Å². The van der Waals surface area contributed by atoms with Gasteiger partial charge in [0.15, 0.2) is 0 Å². The Kier molecular flexibility index (Phi) is 6.30. The van der Waals surface area contributed by atoms with Crippen molar-refractivity contribution >= 4 is 11.8 Å². The zero-order valence-corrected chi connectivity index (χ0v) is 16.8. The highest BCUT2D eigenvalue weighted by Crippen LogP contribution is 2.28. The van der Waals surface area contributed by atoms with Crippen LogP contribution in [0.15, 0.2) is 24.4 Å². The summed E-state index contributed by atoms with van der Waals surface area (Å²) in [7, 11) is 1.63. The van der Waals surface area contributed by atoms with Gasteiger partial charge in [0.25, 0.3) is 5.91 Å². The van der Waals surface area contributed by atoms with Crippen LogP contribution in [0.3, 0.4) is 0 Å². The molecule has 0 spiro atoms. The van der Waals surface area contributed by atoms with Crippen molar-refractivity contribution in [1.29, 1.82) is 0 Å². The summed E-state index contributed by atoms with van der Waals surface area (Å²) in [5.41, 5.74) is 0.439. The number of hydrogen-bond donors (Lipinski definition) is 2. The minimum Gasteiger partial charge on any atom is -0.354 e. The summed E-state index contributed by atoms with van der Waals surface area (Å²) in [5, 5.41) is 10.1. The molecular formula is C21H26F2N4O2. The Hall–Kier alpha value is -2.77. The van der Waals surface area contributed by atoms with Crippen molar-refractivity contribution < 1.29 is 18.4 Å². The molecule has 156 valence electrons. The highest BCUT2D eigenvalue weighted by atomic mass is 19.1. The smallest absolute Gasteiger partial charge is 0.255 e. The molecule has 2 N–H and O–H groups in total. The molecule has 1 saturated carbocycles. The fraction of sp³-hybridized carbons (Fsp3) is 0.476. The lowest BCUT2D eigenvalue weighted by molar-refractivity contribution is -0.126. The van der Waals surface area contributed by atoms with E-state index >= 15 is 0 Å². The summed E-state index contributed by atoms with van der Waals surface area (Å²) >= 11 is 0. The van der Waals surface area contributed by atoms with Crippen LogP contribution in [0, 0.1) is 17.6 Å². The van der Waals surface area contributed by atoms with Crippen LogP contribution in [-0.4, -0.2) is 33.7 Å². The summed E-state index contributed by atoms with van der Waals surface area (Å²) in [4.78, 5) is 25.2. The van der Waals surface area contributed by atoms with Crippen molar-refractivity contribution in [3.63, 3.8) is 0 Å². The Morgan fingerprint density at radius 1 is 1.24 bits per heavy atom. The van der Waals surface area contributed by atoms with Gasteiger partial charge >= 0.3 is 0 Å². The zero-order valence-electron chi connectivity index (χ0n) is 16.8. The number of amides is 2. The summed E-state index contributed by atoms with van der Waals surface area (Å²) in [6.45, 7) is 3.83. The third kappa shape index (κ3) is 4.99. The number of hydrogen-bond acceptors (Lipinski definition) is 3. The van der Waals surface area contributed by atoms with Gasteiger partial charge < -0.3 is 10.6 Å². The second kappa shape index (κ2) is 8.71. The highest BCUT2D eigenvalue weighted by Gasteiger charge is 2.29. The van der Waals surface area contributed by atoms with Gasteiger partial charge in [0.05, 0.1) is 5.56 Å². The molecule has 1 fully saturated rings. The van der Waals surface area contributed by atoms with E-state index < -0.39 is 11.6 Å². The topological polar surface area (TPSA) is 76.0 Å². The van der Waals surface area contributed by atoms with Crippen LogP contribution in [0.1, 0.15) is 49.9 Å². The molecule has 2 aromatic rings. The lowest BCUT2D eigenvalue weighted by Crippen LogP contribution is -2.43. The van der Waals surface area contributed by atoms with E-state index in [-0.39, 0.29) is 46.6 Å². The largest absolute Gasteiger partial charge is 0.354 e. The van der Waals surface area contributed by atoms with E-state index in [2.05, 4.69) is 15.7 Å². The van der Waals surface area contributed by atoms with E-state index in [1.54, 1.807) is 7.05 Å². The summed E-state index contributed by atoms with van der Waals surface area (Å²) < 4.78 is 28.9. The SMILES string of the molecule is CC(C)NC(=O)C1CCCC(NC(=O)c2cn(C)nc2-c2ccc(F)cc2F)C1. The zero-order chi connectivity index (χ0) is 21.1. The number of benzene rings is 1. The Bertz CT molecular complexity index is 910. The first kappa shape index (κ1) is 21.0. The number of rotatable bonds is 5. The second-order valence-corrected chi connectivity index (χ2v) is 7.89. The average Bonchev–Trinajstić information content (AvgIpc) is 3.03. The predicted octanol–water partition coefficient (Wildman–Crippen LogP) is 3.18. The van der Waals surface area contributed by atoms with Gasteiger partial charge in [-0.3, -0.25) is 14.3 Å². The second-order valence-electron chi connectivity index (χ2n) is 7.89. The van der Waals surface area contributed by atoms with Crippen LogP contribution in [0.25, 0.3) is 11.3 Å². The molecule has 2 unspecified atom stereocenters. The van der Waals surface area contributed by atoms with E-state index in [4.69, 9.17) is 0 Å². The molecular weight excluding hydrogens is 378 g/mol. The fourth-order valence-electron chi connectivity index (χ4n) is 3.76. The Morgan fingerprint density at radius 3 is 2.69 bits per heavy atom. The molecule has 1 aliphatic carbocycles. The Balaban J connectivity index is 1.75. The average molecular weight is 404 g/mol. The van der Waals surface area contributed by atoms with E-state index in [0.717, 1.165) is 31.4 Å². The number of nitrogens with zero attached hydrogens (tertiary/aromatic N) is 2. The maximum absolute atomic E-state index is 14.2. The van der Waals surface area contributed by atoms with Crippen molar-refractivity contribution in [2.75, 3.05) is 0 Å². The van der Waals surface area contributed by atoms with Crippen LogP contribution >= 0.6 is 0 Å². The molecule has 2 atom stereocenters. The Morgan fingerprint density at radius 2 is 2.00 bits per heavy atom. The maximum atomic E-state index is 14.2. The summed E-state index contributed by atoms with van der Waals surface area (Å²) in [6.07, 6.45) is 4.49. The molecule has 0 aliphatic heterocycles. The number of aryl methyl sites for hydroxylation is 1. The third-order valence-electron chi connectivity index (χ3n) is 5.07. The molecule has 29 heavy (non-hydrogen) atoms. The van der Waals surface area contributed by atoms with Gasteiger partial charge in [-0.15, -0.1) is 0 Å². The van der Waals surface area contributed by atoms with Gasteiger partial charge in [-0.2, -0.15) is 5.10 Å². The van der Waals surface area contributed by atoms with Gasteiger partial charge in [-0.1, -0.05) is 6.42 Å². The van der Waals surface area contributed by atoms with Gasteiger partial charge in [-0.05, 0) is 45.2 Å². The van der Waals surface area contributed by atoms with Gasteiger partial charge in [0, 0.05) is 42.9 Å².